The molecule has 1 fully saturated rings. The Hall–Kier alpha value is -2.58. The summed E-state index contributed by atoms with van der Waals surface area (Å²) >= 11 is 0. The maximum Gasteiger partial charge on any atom is 0.229 e. The number of oxazole rings is 1. The fourth-order valence-electron chi connectivity index (χ4n) is 3.42. The highest BCUT2D eigenvalue weighted by molar-refractivity contribution is 5.54. The van der Waals surface area contributed by atoms with E-state index in [0.717, 1.165) is 62.4 Å². The number of hydrogen-bond acceptors (Lipinski definition) is 5. The van der Waals surface area contributed by atoms with Gasteiger partial charge in [0.1, 0.15) is 23.2 Å². The van der Waals surface area contributed by atoms with E-state index in [1.54, 1.807) is 6.92 Å². The van der Waals surface area contributed by atoms with Gasteiger partial charge in [0.05, 0.1) is 17.8 Å². The van der Waals surface area contributed by atoms with Crippen LogP contribution in [0.2, 0.25) is 0 Å². The molecule has 0 bridgehead atoms. The van der Waals surface area contributed by atoms with Gasteiger partial charge in [-0.25, -0.2) is 18.7 Å². The largest absolute Gasteiger partial charge is 0.441 e. The quantitative estimate of drug-likeness (QED) is 0.674. The third-order valence-corrected chi connectivity index (χ3v) is 5.18. The average Bonchev–Trinajstić information content (AvgIpc) is 3.24. The van der Waals surface area contributed by atoms with Crippen molar-refractivity contribution in [3.63, 3.8) is 0 Å². The maximum atomic E-state index is 14.0. The molecule has 1 aliphatic rings. The Labute approximate surface area is 162 Å². The molecule has 0 N–H and O–H groups in total. The Balaban J connectivity index is 1.38. The number of imidazole rings is 1. The van der Waals surface area contributed by atoms with Gasteiger partial charge in [-0.1, -0.05) is 0 Å². The smallest absolute Gasteiger partial charge is 0.229 e. The number of halogens is 2. The van der Waals surface area contributed by atoms with Crippen molar-refractivity contribution in [2.75, 3.05) is 26.2 Å². The summed E-state index contributed by atoms with van der Waals surface area (Å²) in [6.07, 6.45) is 3.77. The fraction of sp³-hybridized carbons (Fsp3) is 0.400. The van der Waals surface area contributed by atoms with Crippen LogP contribution in [0.25, 0.3) is 11.5 Å². The summed E-state index contributed by atoms with van der Waals surface area (Å²) in [6, 6.07) is 3.28. The monoisotopic (exact) mass is 387 g/mol. The van der Waals surface area contributed by atoms with Crippen molar-refractivity contribution in [1.29, 1.82) is 0 Å². The Kier molecular flexibility index (Phi) is 5.23. The second-order valence-electron chi connectivity index (χ2n) is 7.15. The van der Waals surface area contributed by atoms with Gasteiger partial charge < -0.3 is 8.98 Å². The lowest BCUT2D eigenvalue weighted by Crippen LogP contribution is -2.45. The predicted octanol–water partition coefficient (Wildman–Crippen LogP) is 2.98. The highest BCUT2D eigenvalue weighted by atomic mass is 19.1. The topological polar surface area (TPSA) is 50.3 Å². The Morgan fingerprint density at radius 2 is 1.79 bits per heavy atom. The second-order valence-corrected chi connectivity index (χ2v) is 7.15. The van der Waals surface area contributed by atoms with E-state index in [-0.39, 0.29) is 11.5 Å². The van der Waals surface area contributed by atoms with Crippen LogP contribution in [0.1, 0.15) is 17.3 Å². The van der Waals surface area contributed by atoms with Gasteiger partial charge in [0.15, 0.2) is 0 Å². The third-order valence-electron chi connectivity index (χ3n) is 5.18. The first kappa shape index (κ1) is 18.8. The van der Waals surface area contributed by atoms with Crippen molar-refractivity contribution < 1.29 is 13.2 Å². The fourth-order valence-corrected chi connectivity index (χ4v) is 3.42. The standard InChI is InChI=1S/C20H23F2N5O/c1-14-18(24-20(28-14)16-11-15(21)3-4-17(16)22)12-26-7-9-27(10-8-26)13-19-23-5-6-25(19)2/h3-6,11H,7-10,12-13H2,1-2H3. The molecular weight excluding hydrogens is 364 g/mol. The summed E-state index contributed by atoms with van der Waals surface area (Å²) in [5.74, 6) is 0.754. The zero-order chi connectivity index (χ0) is 19.7. The van der Waals surface area contributed by atoms with Gasteiger partial charge in [-0.2, -0.15) is 0 Å². The van der Waals surface area contributed by atoms with E-state index in [4.69, 9.17) is 4.42 Å². The van der Waals surface area contributed by atoms with Gasteiger partial charge >= 0.3 is 0 Å². The molecule has 4 rings (SSSR count). The Morgan fingerprint density at radius 3 is 2.46 bits per heavy atom. The van der Waals surface area contributed by atoms with E-state index in [9.17, 15) is 8.78 Å². The molecule has 148 valence electrons. The first-order valence-electron chi connectivity index (χ1n) is 9.32. The highest BCUT2D eigenvalue weighted by Gasteiger charge is 2.22. The molecule has 8 heteroatoms. The number of piperazine rings is 1. The first-order chi connectivity index (χ1) is 13.5. The molecule has 0 atom stereocenters. The molecule has 28 heavy (non-hydrogen) atoms. The van der Waals surface area contributed by atoms with Crippen LogP contribution < -0.4 is 0 Å². The lowest BCUT2D eigenvalue weighted by Gasteiger charge is -2.34. The summed E-state index contributed by atoms with van der Waals surface area (Å²) in [5, 5.41) is 0. The maximum absolute atomic E-state index is 14.0. The van der Waals surface area contributed by atoms with E-state index in [1.807, 2.05) is 24.0 Å². The number of rotatable bonds is 5. The molecule has 1 aliphatic heterocycles. The molecule has 2 aromatic heterocycles. The molecule has 0 unspecified atom stereocenters. The number of benzene rings is 1. The summed E-state index contributed by atoms with van der Waals surface area (Å²) in [5.41, 5.74) is 0.811. The molecule has 0 amide bonds. The third kappa shape index (κ3) is 3.98. The predicted molar refractivity (Wildman–Crippen MR) is 100 cm³/mol. The molecule has 1 aromatic carbocycles. The lowest BCUT2D eigenvalue weighted by atomic mass is 10.2. The van der Waals surface area contributed by atoms with Crippen molar-refractivity contribution in [3.8, 4) is 11.5 Å². The van der Waals surface area contributed by atoms with Crippen molar-refractivity contribution in [2.45, 2.75) is 20.0 Å². The molecule has 3 heterocycles. The molecule has 3 aromatic rings. The molecule has 0 saturated carbocycles. The van der Waals surface area contributed by atoms with Crippen LogP contribution in [-0.4, -0.2) is 50.5 Å². The molecular formula is C20H23F2N5O. The molecule has 0 radical (unpaired) electrons. The van der Waals surface area contributed by atoms with Gasteiger partial charge in [0.2, 0.25) is 5.89 Å². The van der Waals surface area contributed by atoms with Crippen molar-refractivity contribution in [2.24, 2.45) is 7.05 Å². The van der Waals surface area contributed by atoms with Gasteiger partial charge in [0, 0.05) is 52.2 Å². The SMILES string of the molecule is Cc1oc(-c2cc(F)ccc2F)nc1CN1CCN(Cc2nccn2C)CC1. The number of nitrogens with zero attached hydrogens (tertiary/aromatic N) is 5. The number of aromatic nitrogens is 3. The minimum Gasteiger partial charge on any atom is -0.441 e. The Morgan fingerprint density at radius 1 is 1.07 bits per heavy atom. The number of hydrogen-bond donors (Lipinski definition) is 0. The Bertz CT molecular complexity index is 959. The first-order valence-corrected chi connectivity index (χ1v) is 9.32. The zero-order valence-corrected chi connectivity index (χ0v) is 16.0. The van der Waals surface area contributed by atoms with Crippen LogP contribution in [0.5, 0.6) is 0 Å². The second kappa shape index (κ2) is 7.81. The van der Waals surface area contributed by atoms with Crippen LogP contribution in [0.3, 0.4) is 0 Å². The highest BCUT2D eigenvalue weighted by Crippen LogP contribution is 2.26. The van der Waals surface area contributed by atoms with Gasteiger partial charge in [-0.3, -0.25) is 9.80 Å². The number of aryl methyl sites for hydroxylation is 2. The minimum absolute atomic E-state index is 0.0502. The zero-order valence-electron chi connectivity index (χ0n) is 16.0. The molecule has 1 saturated heterocycles. The van der Waals surface area contributed by atoms with Crippen molar-refractivity contribution in [1.82, 2.24) is 24.3 Å². The van der Waals surface area contributed by atoms with Gasteiger partial charge in [-0.05, 0) is 25.1 Å². The van der Waals surface area contributed by atoms with Crippen LogP contribution in [0, 0.1) is 18.6 Å². The van der Waals surface area contributed by atoms with Crippen LogP contribution in [-0.2, 0) is 20.1 Å². The molecule has 6 nitrogen and oxygen atoms in total. The average molecular weight is 387 g/mol. The normalized spacial score (nSPS) is 16.0. The van der Waals surface area contributed by atoms with Crippen LogP contribution in [0.15, 0.2) is 35.0 Å². The van der Waals surface area contributed by atoms with E-state index in [0.29, 0.717) is 12.3 Å². The van der Waals surface area contributed by atoms with Gasteiger partial charge in [-0.15, -0.1) is 0 Å². The lowest BCUT2D eigenvalue weighted by molar-refractivity contribution is 0.118. The summed E-state index contributed by atoms with van der Waals surface area (Å²) in [4.78, 5) is 13.5. The van der Waals surface area contributed by atoms with Crippen LogP contribution in [0.4, 0.5) is 8.78 Å². The molecule has 0 aliphatic carbocycles. The van der Waals surface area contributed by atoms with Crippen LogP contribution >= 0.6 is 0 Å². The van der Waals surface area contributed by atoms with Crippen molar-refractivity contribution in [3.05, 3.63) is 59.5 Å². The van der Waals surface area contributed by atoms with E-state index >= 15 is 0 Å². The summed E-state index contributed by atoms with van der Waals surface area (Å²) in [6.45, 7) is 6.96. The molecule has 0 spiro atoms. The van der Waals surface area contributed by atoms with E-state index in [2.05, 4.69) is 19.8 Å². The van der Waals surface area contributed by atoms with Crippen molar-refractivity contribution >= 4 is 0 Å². The van der Waals surface area contributed by atoms with E-state index in [1.165, 1.54) is 0 Å². The minimum atomic E-state index is -0.544. The van der Waals surface area contributed by atoms with Gasteiger partial charge in [0.25, 0.3) is 0 Å². The van der Waals surface area contributed by atoms with E-state index < -0.39 is 11.6 Å². The summed E-state index contributed by atoms with van der Waals surface area (Å²) < 4.78 is 35.1. The summed E-state index contributed by atoms with van der Waals surface area (Å²) in [7, 11) is 2.00.